The van der Waals surface area contributed by atoms with Crippen molar-refractivity contribution in [2.45, 2.75) is 38.0 Å². The molecule has 0 bridgehead atoms. The van der Waals surface area contributed by atoms with Crippen molar-refractivity contribution in [3.8, 4) is 0 Å². The topological polar surface area (TPSA) is 94.5 Å². The minimum absolute atomic E-state index is 0. The first-order chi connectivity index (χ1) is 10.2. The summed E-state index contributed by atoms with van der Waals surface area (Å²) in [6, 6.07) is 5.43. The third-order valence-electron chi connectivity index (χ3n) is 3.75. The molecule has 23 heavy (non-hydrogen) atoms. The molecule has 0 saturated carbocycles. The van der Waals surface area contributed by atoms with Crippen molar-refractivity contribution >= 4 is 36.4 Å². The summed E-state index contributed by atoms with van der Waals surface area (Å²) in [7, 11) is 0. The van der Waals surface area contributed by atoms with Gasteiger partial charge in [0.05, 0.1) is 12.1 Å². The molecular formula is C14H21Cl2N5O2. The Kier molecular flexibility index (Phi) is 7.21. The number of hydrogen-bond acceptors (Lipinski definition) is 5. The third kappa shape index (κ3) is 4.11. The summed E-state index contributed by atoms with van der Waals surface area (Å²) >= 11 is 0. The van der Waals surface area contributed by atoms with Crippen molar-refractivity contribution in [2.24, 2.45) is 5.73 Å². The number of hydrogen-bond donors (Lipinski definition) is 2. The molecule has 9 heteroatoms. The van der Waals surface area contributed by atoms with Crippen molar-refractivity contribution in [2.75, 3.05) is 6.54 Å². The highest BCUT2D eigenvalue weighted by molar-refractivity contribution is 5.85. The van der Waals surface area contributed by atoms with Crippen LogP contribution in [0.25, 0.3) is 5.65 Å². The molecule has 1 fully saturated rings. The normalized spacial score (nSPS) is 21.3. The molecular weight excluding hydrogens is 341 g/mol. The number of nitrogens with one attached hydrogen (secondary N) is 1. The van der Waals surface area contributed by atoms with Gasteiger partial charge in [-0.1, -0.05) is 6.07 Å². The number of carbonyl (C=O) groups excluding carboxylic acids is 1. The Morgan fingerprint density at radius 3 is 2.91 bits per heavy atom. The van der Waals surface area contributed by atoms with Crippen LogP contribution in [0.2, 0.25) is 0 Å². The Hall–Kier alpha value is -1.41. The van der Waals surface area contributed by atoms with E-state index in [0.29, 0.717) is 18.8 Å². The van der Waals surface area contributed by atoms with Gasteiger partial charge >= 0.3 is 0 Å². The van der Waals surface area contributed by atoms with Crippen LogP contribution in [-0.2, 0) is 9.53 Å². The van der Waals surface area contributed by atoms with E-state index in [9.17, 15) is 4.79 Å². The van der Waals surface area contributed by atoms with Crippen molar-refractivity contribution in [1.82, 2.24) is 19.9 Å². The number of halogens is 2. The summed E-state index contributed by atoms with van der Waals surface area (Å²) in [5, 5.41) is 11.2. The van der Waals surface area contributed by atoms with Crippen LogP contribution < -0.4 is 11.1 Å². The van der Waals surface area contributed by atoms with Gasteiger partial charge in [0.1, 0.15) is 6.10 Å². The maximum atomic E-state index is 12.2. The molecule has 2 aromatic heterocycles. The average Bonchev–Trinajstić information content (AvgIpc) is 3.14. The van der Waals surface area contributed by atoms with Crippen LogP contribution in [0.1, 0.15) is 31.6 Å². The molecule has 128 valence electrons. The molecule has 3 heterocycles. The lowest BCUT2D eigenvalue weighted by atomic mass is 10.2. The van der Waals surface area contributed by atoms with Crippen LogP contribution in [0, 0.1) is 0 Å². The number of nitrogens with two attached hydrogens (primary N) is 1. The minimum atomic E-state index is -0.416. The summed E-state index contributed by atoms with van der Waals surface area (Å²) in [6.07, 6.45) is 2.99. The molecule has 1 aliphatic rings. The molecule has 2 aromatic rings. The first kappa shape index (κ1) is 19.6. The van der Waals surface area contributed by atoms with E-state index in [0.717, 1.165) is 12.1 Å². The number of nitrogens with zero attached hydrogens (tertiary/aromatic N) is 3. The fourth-order valence-electron chi connectivity index (χ4n) is 2.60. The molecule has 3 atom stereocenters. The number of amides is 1. The molecule has 0 radical (unpaired) electrons. The van der Waals surface area contributed by atoms with Gasteiger partial charge in [-0.2, -0.15) is 0 Å². The number of rotatable bonds is 4. The van der Waals surface area contributed by atoms with E-state index < -0.39 is 6.10 Å². The van der Waals surface area contributed by atoms with Crippen LogP contribution in [0.3, 0.4) is 0 Å². The van der Waals surface area contributed by atoms with E-state index in [2.05, 4.69) is 15.5 Å². The number of aromatic nitrogens is 3. The predicted octanol–water partition coefficient (Wildman–Crippen LogP) is 1.26. The molecule has 0 spiro atoms. The molecule has 3 N–H and O–H groups in total. The standard InChI is InChI=1S/C14H19N5O2.2ClH/c1-9(13-18-17-12-4-2-3-7-19(12)13)16-14(20)11-6-5-10(8-15)21-11;;/h2-4,7,9-11H,5-6,8,15H2,1H3,(H,16,20);2*1H/t9?,10-,11+;;/m1../s1. The largest absolute Gasteiger partial charge is 0.364 e. The van der Waals surface area contributed by atoms with Gasteiger partial charge < -0.3 is 15.8 Å². The van der Waals surface area contributed by atoms with Gasteiger partial charge in [0.25, 0.3) is 0 Å². The Bertz CT molecular complexity index is 651. The average molecular weight is 362 g/mol. The van der Waals surface area contributed by atoms with Crippen LogP contribution in [0.5, 0.6) is 0 Å². The van der Waals surface area contributed by atoms with Crippen LogP contribution in [0.4, 0.5) is 0 Å². The van der Waals surface area contributed by atoms with Crippen LogP contribution in [0.15, 0.2) is 24.4 Å². The zero-order valence-electron chi connectivity index (χ0n) is 12.7. The summed E-state index contributed by atoms with van der Waals surface area (Å²) in [5.41, 5.74) is 6.32. The summed E-state index contributed by atoms with van der Waals surface area (Å²) < 4.78 is 7.46. The summed E-state index contributed by atoms with van der Waals surface area (Å²) in [5.74, 6) is 0.582. The second-order valence-corrected chi connectivity index (χ2v) is 5.28. The first-order valence-electron chi connectivity index (χ1n) is 7.14. The Morgan fingerprint density at radius 1 is 1.43 bits per heavy atom. The monoisotopic (exact) mass is 361 g/mol. The van der Waals surface area contributed by atoms with Gasteiger partial charge in [0, 0.05) is 12.7 Å². The van der Waals surface area contributed by atoms with E-state index >= 15 is 0 Å². The quantitative estimate of drug-likeness (QED) is 0.854. The smallest absolute Gasteiger partial charge is 0.249 e. The summed E-state index contributed by atoms with van der Waals surface area (Å²) in [4.78, 5) is 12.2. The van der Waals surface area contributed by atoms with Gasteiger partial charge in [0.15, 0.2) is 11.5 Å². The van der Waals surface area contributed by atoms with E-state index in [1.54, 1.807) is 0 Å². The second kappa shape index (κ2) is 8.44. The third-order valence-corrected chi connectivity index (χ3v) is 3.75. The van der Waals surface area contributed by atoms with Gasteiger partial charge in [0.2, 0.25) is 5.91 Å². The zero-order valence-corrected chi connectivity index (χ0v) is 14.3. The second-order valence-electron chi connectivity index (χ2n) is 5.28. The molecule has 1 saturated heterocycles. The van der Waals surface area contributed by atoms with Gasteiger partial charge in [-0.05, 0) is 31.9 Å². The minimum Gasteiger partial charge on any atom is -0.364 e. The van der Waals surface area contributed by atoms with Gasteiger partial charge in [-0.3, -0.25) is 9.20 Å². The lowest BCUT2D eigenvalue weighted by Crippen LogP contribution is -2.37. The Balaban J connectivity index is 0.00000132. The predicted molar refractivity (Wildman–Crippen MR) is 91.0 cm³/mol. The summed E-state index contributed by atoms with van der Waals surface area (Å²) in [6.45, 7) is 2.34. The van der Waals surface area contributed by atoms with Crippen molar-refractivity contribution < 1.29 is 9.53 Å². The van der Waals surface area contributed by atoms with Crippen molar-refractivity contribution in [3.05, 3.63) is 30.2 Å². The fraction of sp³-hybridized carbons (Fsp3) is 0.500. The lowest BCUT2D eigenvalue weighted by molar-refractivity contribution is -0.132. The molecule has 1 aliphatic heterocycles. The van der Waals surface area contributed by atoms with Crippen LogP contribution in [-0.4, -0.2) is 39.3 Å². The molecule has 3 rings (SSSR count). The number of carbonyl (C=O) groups is 1. The number of pyridine rings is 1. The SMILES string of the molecule is CC(NC(=O)[C@@H]1CC[C@H](CN)O1)c1nnc2ccccn12.Cl.Cl. The molecule has 0 aliphatic carbocycles. The van der Waals surface area contributed by atoms with E-state index in [-0.39, 0.29) is 42.9 Å². The number of ether oxygens (including phenoxy) is 1. The fourth-order valence-corrected chi connectivity index (χ4v) is 2.60. The molecule has 7 nitrogen and oxygen atoms in total. The van der Waals surface area contributed by atoms with Crippen molar-refractivity contribution in [1.29, 1.82) is 0 Å². The van der Waals surface area contributed by atoms with E-state index in [1.165, 1.54) is 0 Å². The first-order valence-corrected chi connectivity index (χ1v) is 7.14. The van der Waals surface area contributed by atoms with Crippen LogP contribution >= 0.6 is 24.8 Å². The highest BCUT2D eigenvalue weighted by Gasteiger charge is 2.31. The number of fused-ring (bicyclic) bond motifs is 1. The Labute approximate surface area is 146 Å². The van der Waals surface area contributed by atoms with Crippen molar-refractivity contribution in [3.63, 3.8) is 0 Å². The maximum Gasteiger partial charge on any atom is 0.249 e. The highest BCUT2D eigenvalue weighted by atomic mass is 35.5. The maximum absolute atomic E-state index is 12.2. The van der Waals surface area contributed by atoms with Gasteiger partial charge in [-0.15, -0.1) is 35.0 Å². The van der Waals surface area contributed by atoms with E-state index in [4.69, 9.17) is 10.5 Å². The molecule has 1 amide bonds. The highest BCUT2D eigenvalue weighted by Crippen LogP contribution is 2.20. The Morgan fingerprint density at radius 2 is 2.22 bits per heavy atom. The lowest BCUT2D eigenvalue weighted by Gasteiger charge is -2.16. The zero-order chi connectivity index (χ0) is 14.8. The van der Waals surface area contributed by atoms with E-state index in [1.807, 2.05) is 35.7 Å². The molecule has 0 aromatic carbocycles. The van der Waals surface area contributed by atoms with Gasteiger partial charge in [-0.25, -0.2) is 0 Å². The molecule has 1 unspecified atom stereocenters.